The average Bonchev–Trinajstić information content (AvgIpc) is 0.917. The van der Waals surface area contributed by atoms with E-state index in [1.54, 1.807) is 27.9 Å². The van der Waals surface area contributed by atoms with Crippen molar-refractivity contribution in [2.45, 2.75) is 308 Å². The van der Waals surface area contributed by atoms with Gasteiger partial charge in [0.1, 0.15) is 0 Å². The lowest BCUT2D eigenvalue weighted by atomic mass is 9.96. The topological polar surface area (TPSA) is 675 Å². The number of piperidine rings is 8. The highest BCUT2D eigenvalue weighted by atomic mass is 16.5. The van der Waals surface area contributed by atoms with E-state index < -0.39 is 12.2 Å². The molecule has 1 saturated carbocycles. The number of likely N-dealkylation sites (N-methyl/N-ethyl adjacent to an activating group) is 3. The number of morpholine rings is 2. The zero-order valence-electron chi connectivity index (χ0n) is 89.2. The molecule has 10 saturated heterocycles. The highest BCUT2D eigenvalue weighted by molar-refractivity contribution is 4.76. The van der Waals surface area contributed by atoms with E-state index in [0.29, 0.717) is 89.9 Å². The van der Waals surface area contributed by atoms with Gasteiger partial charge in [-0.05, 0) is 256 Å². The summed E-state index contributed by atoms with van der Waals surface area (Å²) in [4.78, 5) is 15.5. The minimum atomic E-state index is -0.604. The Hall–Kier alpha value is -1.72. The van der Waals surface area contributed by atoms with Gasteiger partial charge in [-0.15, -0.1) is 0 Å². The summed E-state index contributed by atoms with van der Waals surface area (Å²) in [6.07, 6.45) is 31.7. The Kier molecular flexibility index (Phi) is 130. The van der Waals surface area contributed by atoms with Crippen LogP contribution in [0.15, 0.2) is 0 Å². The van der Waals surface area contributed by atoms with Crippen molar-refractivity contribution in [2.75, 3.05) is 311 Å². The molecule has 0 aromatic rings. The zero-order chi connectivity index (χ0) is 106. The van der Waals surface area contributed by atoms with Gasteiger partial charge < -0.3 is 180 Å². The Morgan fingerprint density at radius 1 is 0.464 bits per heavy atom. The monoisotopic (exact) mass is 2020 g/mol. The number of nitrogens with one attached hydrogen (secondary N) is 6. The van der Waals surface area contributed by atoms with Crippen molar-refractivity contribution in [1.82, 2.24) is 76.8 Å². The fourth-order valence-corrected chi connectivity index (χ4v) is 13.6. The lowest BCUT2D eigenvalue weighted by molar-refractivity contribution is -0.0813. The van der Waals surface area contributed by atoms with Gasteiger partial charge in [0.15, 0.2) is 0 Å². The van der Waals surface area contributed by atoms with E-state index in [-0.39, 0.29) is 82.2 Å². The normalized spacial score (nSPS) is 22.3. The molecule has 37 N–H and O–H groups in total. The van der Waals surface area contributed by atoms with Crippen LogP contribution in [0.5, 0.6) is 0 Å². The van der Waals surface area contributed by atoms with Crippen molar-refractivity contribution in [2.24, 2.45) is 28.8 Å². The first-order chi connectivity index (χ1) is 66.0. The van der Waals surface area contributed by atoms with E-state index in [1.807, 2.05) is 41.7 Å². The number of hydrogen-bond donors (Lipinski definition) is 32. The van der Waals surface area contributed by atoms with E-state index in [9.17, 15) is 0 Å². The summed E-state index contributed by atoms with van der Waals surface area (Å²) in [6.45, 7) is 44.6. The van der Waals surface area contributed by atoms with E-state index in [1.165, 1.54) is 134 Å². The van der Waals surface area contributed by atoms with Crippen LogP contribution in [0.1, 0.15) is 235 Å². The van der Waals surface area contributed by atoms with Crippen molar-refractivity contribution in [3.05, 3.63) is 0 Å². The molecule has 0 aromatic carbocycles. The number of β-amino-alcohol motifs (C(OH)–C–C–N with tert-alkyl or cyclic N) is 7. The van der Waals surface area contributed by atoms with Gasteiger partial charge in [-0.25, -0.2) is 11.0 Å². The molecule has 0 bridgehead atoms. The molecule has 0 radical (unpaired) electrons. The van der Waals surface area contributed by atoms with Gasteiger partial charge >= 0.3 is 0 Å². The van der Waals surface area contributed by atoms with Crippen LogP contribution in [0.3, 0.4) is 0 Å². The average molecular weight is 2020 g/mol. The maximum atomic E-state index is 9.17. The first-order valence-corrected chi connectivity index (χ1v) is 52.1. The maximum absolute atomic E-state index is 9.17. The molecule has 138 heavy (non-hydrogen) atoms. The van der Waals surface area contributed by atoms with Gasteiger partial charge in [0.25, 0.3) is 0 Å². The number of rotatable bonds is 25. The summed E-state index contributed by atoms with van der Waals surface area (Å²) in [7, 11) is 7.24. The molecule has 1 aliphatic carbocycles. The summed E-state index contributed by atoms with van der Waals surface area (Å²) in [5, 5.41) is 190. The maximum Gasteiger partial charge on any atom is 0.0897 e. The third-order valence-corrected chi connectivity index (χ3v) is 22.0. The second-order valence-electron chi connectivity index (χ2n) is 36.9. The largest absolute Gasteiger partial charge is 0.396 e. The second kappa shape index (κ2) is 119. The first kappa shape index (κ1) is 152. The van der Waals surface area contributed by atoms with Gasteiger partial charge in [-0.2, -0.15) is 10.1 Å². The predicted molar refractivity (Wildman–Crippen MR) is 555 cm³/mol. The molecule has 43 nitrogen and oxygen atoms in total. The van der Waals surface area contributed by atoms with E-state index in [2.05, 4.69) is 80.6 Å². The molecule has 11 rings (SSSR count). The number of aliphatic hydroxyl groups excluding tert-OH is 17. The predicted octanol–water partition coefficient (Wildman–Crippen LogP) is -2.29. The standard InChI is InChI=1S/C8H17NO2.C7H15NO3.4C7H15NO.C6H13NO2.3C6H13NO.C5H11NO.2C4H11NO.3C3H9NO.C2H8N2O.2C2H7NO/c10-7-8(11)6-9-4-2-1-3-5-9;9-6-7(10)5-8-1-3-11-4-2-8;1-8-5-3-2-4-7(8)6-9;1-2-8-5-3-4-7(9)6-8;9-6-4-7-3-1-2-5-8-7;9-7-6-8-4-2-1-3-5-8;8-4-1-7-2-5-9-6-3-7;1-7-4-2-3-6(8)5-7;8-5-6-3-1-2-4-7-6;8-7-6-4-2-1-3-5-6;7-5-2-1-3-6-4-5;1-4(2,3)5-6;1-3-5(6)4-2;1-3(4)2-5;1-3(5)2-4;4-2-1-3-5;3-4-1-2-5;1-3(2)4;3-1-2-4/h8,10-11H,1-7H2;7,9-10H,1-6H2;2*7,9H,2-6H2,1H3;7-9H,1-6H2;9H,1-7H2;8H,1-6H2;6,8H,2-5H2,1H3;2*6-8H,1-5H2;5-7H,1-4H2;5-6H,1-3H3;6H,3-4H2,1-2H3;2*3,5H,2,4H2,1H3;5H,1-4H2;4-5H,1-3H2;4H,1-2H3;4H,1-3H2/t;;;;;;;;;;;;;3-;;;;;/m.............0...../s1. The molecule has 10 heterocycles. The first-order valence-electron chi connectivity index (χ1n) is 52.1. The molecule has 10 aliphatic heterocycles. The quantitative estimate of drug-likeness (QED) is 0.0338. The molecule has 11 aliphatic rings. The molecule has 0 aromatic heterocycles. The minimum absolute atomic E-state index is 0.0568. The molecular formula is C95H226N20O23. The lowest BCUT2D eigenvalue weighted by Gasteiger charge is -2.30. The SMILES string of the molecule is CC(C)(C)NO.CC(O)CN.CCN(O)CC.CCN1CCCC(O)C1.CN(C)O.CN1CCCC(O)C1.CN1CCCCC1CO.C[C@H](N)CO.NCCCO.NCCO.NNCCO.OC1CCCNC1.OCC(O)CN1CCCCC1.OCC(O)CN1CCOCC1.OCC1CCCCN1.OCCC1CCCCN1.OCCN1CCCCC1.OCCN1CCOCC1.ONC1CCCCC1. The molecule has 0 spiro atoms. The van der Waals surface area contributed by atoms with Crippen molar-refractivity contribution in [3.63, 3.8) is 0 Å². The van der Waals surface area contributed by atoms with Crippen LogP contribution in [0.2, 0.25) is 0 Å². The van der Waals surface area contributed by atoms with Crippen LogP contribution >= 0.6 is 0 Å². The summed E-state index contributed by atoms with van der Waals surface area (Å²) < 4.78 is 10.3. The van der Waals surface area contributed by atoms with E-state index >= 15 is 0 Å². The Balaban J connectivity index is -0.000000217. The number of hydroxylamine groups is 6. The third-order valence-electron chi connectivity index (χ3n) is 22.0. The Labute approximate surface area is 837 Å². The molecule has 43 heteroatoms. The summed E-state index contributed by atoms with van der Waals surface area (Å²) in [5.41, 5.74) is 26.2. The zero-order valence-corrected chi connectivity index (χ0v) is 89.2. The smallest absolute Gasteiger partial charge is 0.0897 e. The third kappa shape index (κ3) is 125. The van der Waals surface area contributed by atoms with Crippen molar-refractivity contribution < 1.29 is 117 Å². The number of hydrazine groups is 1. The summed E-state index contributed by atoms with van der Waals surface area (Å²) in [6, 6.07) is 1.77. The fraction of sp³-hybridized carbons (Fsp3) is 1.00. The van der Waals surface area contributed by atoms with E-state index in [4.69, 9.17) is 146 Å². The van der Waals surface area contributed by atoms with Crippen LogP contribution < -0.4 is 61.1 Å². The van der Waals surface area contributed by atoms with Crippen LogP contribution in [-0.2, 0) is 9.47 Å². The van der Waals surface area contributed by atoms with Gasteiger partial charge in [-0.1, -0.05) is 72.1 Å². The minimum Gasteiger partial charge on any atom is -0.396 e. The number of nitrogens with two attached hydrogens (primary N) is 5. The Bertz CT molecular complexity index is 2050. The van der Waals surface area contributed by atoms with Gasteiger partial charge in [0.2, 0.25) is 0 Å². The van der Waals surface area contributed by atoms with Crippen LogP contribution in [0.25, 0.3) is 0 Å². The number of ether oxygens (including phenoxy) is 2. The number of hydrogen-bond acceptors (Lipinski definition) is 43. The van der Waals surface area contributed by atoms with Crippen LogP contribution in [-0.4, -0.2) is 535 Å². The van der Waals surface area contributed by atoms with E-state index in [0.717, 1.165) is 226 Å². The van der Waals surface area contributed by atoms with Crippen molar-refractivity contribution >= 4 is 0 Å². The Morgan fingerprint density at radius 2 is 0.877 bits per heavy atom. The van der Waals surface area contributed by atoms with Crippen LogP contribution in [0, 0.1) is 0 Å². The summed E-state index contributed by atoms with van der Waals surface area (Å²) >= 11 is 0. The number of nitrogens with zero attached hydrogens (tertiary/aromatic N) is 9. The summed E-state index contributed by atoms with van der Waals surface area (Å²) in [5.74, 6) is 4.73. The second-order valence-corrected chi connectivity index (χ2v) is 36.9. The number of likely N-dealkylation sites (tertiary alicyclic amines) is 5. The van der Waals surface area contributed by atoms with Crippen molar-refractivity contribution in [3.8, 4) is 0 Å². The van der Waals surface area contributed by atoms with Crippen LogP contribution in [0.4, 0.5) is 0 Å². The van der Waals surface area contributed by atoms with Gasteiger partial charge in [0.05, 0.1) is 123 Å². The highest BCUT2D eigenvalue weighted by Crippen LogP contribution is 2.18. The fourth-order valence-electron chi connectivity index (χ4n) is 13.6. The number of aliphatic hydroxyl groups is 17. The highest BCUT2D eigenvalue weighted by Gasteiger charge is 2.21. The van der Waals surface area contributed by atoms with Gasteiger partial charge in [-0.3, -0.25) is 21.1 Å². The molecular weight excluding hydrogens is 1790 g/mol. The molecule has 0 amide bonds. The molecule has 9 unspecified atom stereocenters. The van der Waals surface area contributed by atoms with Crippen molar-refractivity contribution in [1.29, 1.82) is 0 Å². The molecule has 10 atom stereocenters. The molecule has 844 valence electrons. The Morgan fingerprint density at radius 3 is 1.14 bits per heavy atom. The van der Waals surface area contributed by atoms with Gasteiger partial charge in [0, 0.05) is 168 Å². The lowest BCUT2D eigenvalue weighted by Crippen LogP contribution is -2.41. The molecule has 11 fully saturated rings.